The van der Waals surface area contributed by atoms with Crippen LogP contribution in [-0.2, 0) is 12.8 Å². The molecule has 2 aromatic heterocycles. The van der Waals surface area contributed by atoms with Crippen LogP contribution in [-0.4, -0.2) is 20.3 Å². The molecule has 3 rings (SSSR count). The molecule has 2 heterocycles. The Bertz CT molecular complexity index is 709. The van der Waals surface area contributed by atoms with Crippen LogP contribution in [0.3, 0.4) is 0 Å². The van der Waals surface area contributed by atoms with Crippen molar-refractivity contribution < 1.29 is 9.50 Å². The highest BCUT2D eigenvalue weighted by molar-refractivity contribution is 7.08. The van der Waals surface area contributed by atoms with Gasteiger partial charge in [0.05, 0.1) is 0 Å². The molecule has 0 spiro atoms. The zero-order valence-electron chi connectivity index (χ0n) is 11.9. The number of H-pyrrole nitrogens is 1. The summed E-state index contributed by atoms with van der Waals surface area (Å²) in [7, 11) is 0. The normalized spacial score (nSPS) is 12.5. The number of benzene rings is 1. The van der Waals surface area contributed by atoms with Crippen LogP contribution in [0.5, 0.6) is 0 Å². The van der Waals surface area contributed by atoms with Crippen LogP contribution in [0, 0.1) is 5.82 Å². The monoisotopic (exact) mass is 317 g/mol. The van der Waals surface area contributed by atoms with Crippen molar-refractivity contribution in [1.82, 2.24) is 15.2 Å². The highest BCUT2D eigenvalue weighted by Crippen LogP contribution is 2.23. The lowest BCUT2D eigenvalue weighted by Crippen LogP contribution is -2.02. The van der Waals surface area contributed by atoms with Gasteiger partial charge in [-0.2, -0.15) is 16.4 Å². The van der Waals surface area contributed by atoms with Crippen molar-refractivity contribution in [1.29, 1.82) is 0 Å². The molecule has 0 saturated heterocycles. The minimum absolute atomic E-state index is 0.219. The van der Waals surface area contributed by atoms with Crippen molar-refractivity contribution in [2.24, 2.45) is 0 Å². The van der Waals surface area contributed by atoms with Crippen LogP contribution in [0.2, 0.25) is 0 Å². The lowest BCUT2D eigenvalue weighted by molar-refractivity contribution is 0.158. The van der Waals surface area contributed by atoms with Gasteiger partial charge < -0.3 is 5.11 Å². The maximum Gasteiger partial charge on any atom is 0.178 e. The first kappa shape index (κ1) is 14.9. The number of nitrogens with zero attached hydrogens (tertiary/aromatic N) is 2. The van der Waals surface area contributed by atoms with Crippen LogP contribution in [0.15, 0.2) is 41.4 Å². The van der Waals surface area contributed by atoms with Crippen molar-refractivity contribution in [2.75, 3.05) is 0 Å². The SMILES string of the molecule is OC(CCc1cscc1Cc1ccc(F)cc1)c1nc[nH]n1. The first-order valence-electron chi connectivity index (χ1n) is 7.04. The molecular weight excluding hydrogens is 301 g/mol. The van der Waals surface area contributed by atoms with Crippen molar-refractivity contribution in [3.8, 4) is 0 Å². The molecule has 0 radical (unpaired) electrons. The molecular formula is C16H16FN3OS. The maximum atomic E-state index is 12.9. The fourth-order valence-electron chi connectivity index (χ4n) is 2.35. The minimum Gasteiger partial charge on any atom is -0.385 e. The molecule has 1 unspecified atom stereocenters. The molecule has 1 atom stereocenters. The van der Waals surface area contributed by atoms with E-state index < -0.39 is 6.10 Å². The van der Waals surface area contributed by atoms with Gasteiger partial charge in [0.25, 0.3) is 0 Å². The van der Waals surface area contributed by atoms with Gasteiger partial charge in [-0.15, -0.1) is 0 Å². The second-order valence-corrected chi connectivity index (χ2v) is 5.88. The molecule has 6 heteroatoms. The average Bonchev–Trinajstić information content (AvgIpc) is 3.19. The van der Waals surface area contributed by atoms with Crippen LogP contribution in [0.25, 0.3) is 0 Å². The highest BCUT2D eigenvalue weighted by Gasteiger charge is 2.13. The fraction of sp³-hybridized carbons (Fsp3) is 0.250. The maximum absolute atomic E-state index is 12.9. The molecule has 0 saturated carbocycles. The molecule has 4 nitrogen and oxygen atoms in total. The number of aromatic amines is 1. The number of thiophene rings is 1. The van der Waals surface area contributed by atoms with E-state index >= 15 is 0 Å². The largest absolute Gasteiger partial charge is 0.385 e. The molecule has 114 valence electrons. The Balaban J connectivity index is 1.63. The van der Waals surface area contributed by atoms with E-state index in [1.54, 1.807) is 23.5 Å². The molecule has 0 fully saturated rings. The van der Waals surface area contributed by atoms with E-state index in [0.717, 1.165) is 18.4 Å². The summed E-state index contributed by atoms with van der Waals surface area (Å²) >= 11 is 1.64. The van der Waals surface area contributed by atoms with Crippen LogP contribution < -0.4 is 0 Å². The number of aromatic nitrogens is 3. The zero-order valence-corrected chi connectivity index (χ0v) is 12.7. The number of aliphatic hydroxyl groups is 1. The van der Waals surface area contributed by atoms with Gasteiger partial charge in [0.2, 0.25) is 0 Å². The molecule has 3 aromatic rings. The quantitative estimate of drug-likeness (QED) is 0.733. The molecule has 0 aliphatic rings. The van der Waals surface area contributed by atoms with E-state index in [9.17, 15) is 9.50 Å². The van der Waals surface area contributed by atoms with Crippen molar-refractivity contribution in [3.63, 3.8) is 0 Å². The second-order valence-electron chi connectivity index (χ2n) is 5.14. The Labute approximate surface area is 131 Å². The van der Waals surface area contributed by atoms with Gasteiger partial charge in [-0.3, -0.25) is 5.10 Å². The predicted octanol–water partition coefficient (Wildman–Crippen LogP) is 3.26. The number of halogens is 1. The van der Waals surface area contributed by atoms with Gasteiger partial charge >= 0.3 is 0 Å². The molecule has 1 aromatic carbocycles. The number of nitrogens with one attached hydrogen (secondary N) is 1. The first-order valence-corrected chi connectivity index (χ1v) is 7.99. The average molecular weight is 317 g/mol. The van der Waals surface area contributed by atoms with Crippen LogP contribution in [0.4, 0.5) is 4.39 Å². The van der Waals surface area contributed by atoms with Crippen molar-refractivity contribution >= 4 is 11.3 Å². The number of rotatable bonds is 6. The summed E-state index contributed by atoms with van der Waals surface area (Å²) in [6, 6.07) is 6.57. The molecule has 0 bridgehead atoms. The Morgan fingerprint density at radius 1 is 1.18 bits per heavy atom. The molecule has 0 aliphatic heterocycles. The van der Waals surface area contributed by atoms with E-state index in [1.807, 2.05) is 0 Å². The predicted molar refractivity (Wildman–Crippen MR) is 83.2 cm³/mol. The lowest BCUT2D eigenvalue weighted by Gasteiger charge is -2.08. The number of hydrogen-bond acceptors (Lipinski definition) is 4. The topological polar surface area (TPSA) is 61.8 Å². The Kier molecular flexibility index (Phi) is 4.60. The van der Waals surface area contributed by atoms with Crippen LogP contribution >= 0.6 is 11.3 Å². The van der Waals surface area contributed by atoms with Gasteiger partial charge in [-0.25, -0.2) is 9.37 Å². The van der Waals surface area contributed by atoms with Gasteiger partial charge in [0.1, 0.15) is 18.2 Å². The fourth-order valence-corrected chi connectivity index (χ4v) is 3.25. The standard InChI is InChI=1S/C16H16FN3OS/c17-14-4-1-11(2-5-14)7-13-9-22-8-12(13)3-6-15(21)16-18-10-19-20-16/h1-2,4-5,8-10,15,21H,3,6-7H2,(H,18,19,20). The third-order valence-corrected chi connectivity index (χ3v) is 4.40. The van der Waals surface area contributed by atoms with E-state index in [4.69, 9.17) is 0 Å². The summed E-state index contributed by atoms with van der Waals surface area (Å²) in [6.07, 6.45) is 2.91. The minimum atomic E-state index is -0.662. The molecule has 2 N–H and O–H groups in total. The lowest BCUT2D eigenvalue weighted by atomic mass is 10.00. The van der Waals surface area contributed by atoms with Gasteiger partial charge in [0, 0.05) is 0 Å². The summed E-state index contributed by atoms with van der Waals surface area (Å²) < 4.78 is 12.9. The summed E-state index contributed by atoms with van der Waals surface area (Å²) in [5.41, 5.74) is 3.51. The first-order chi connectivity index (χ1) is 10.7. The van der Waals surface area contributed by atoms with E-state index in [1.165, 1.54) is 29.6 Å². The highest BCUT2D eigenvalue weighted by atomic mass is 32.1. The Hall–Kier alpha value is -2.05. The van der Waals surface area contributed by atoms with Crippen LogP contribution in [0.1, 0.15) is 35.0 Å². The summed E-state index contributed by atoms with van der Waals surface area (Å²) in [4.78, 5) is 3.96. The third kappa shape index (κ3) is 3.58. The number of aliphatic hydroxyl groups excluding tert-OH is 1. The van der Waals surface area contributed by atoms with E-state index in [0.29, 0.717) is 12.2 Å². The third-order valence-electron chi connectivity index (χ3n) is 3.56. The van der Waals surface area contributed by atoms with Gasteiger partial charge in [0.15, 0.2) is 5.82 Å². The van der Waals surface area contributed by atoms with E-state index in [2.05, 4.69) is 25.9 Å². The van der Waals surface area contributed by atoms with Crippen molar-refractivity contribution in [3.05, 3.63) is 69.7 Å². The molecule has 22 heavy (non-hydrogen) atoms. The van der Waals surface area contributed by atoms with Gasteiger partial charge in [-0.05, 0) is 58.8 Å². The summed E-state index contributed by atoms with van der Waals surface area (Å²) in [5, 5.41) is 20.7. The van der Waals surface area contributed by atoms with E-state index in [-0.39, 0.29) is 5.82 Å². The Morgan fingerprint density at radius 3 is 2.68 bits per heavy atom. The van der Waals surface area contributed by atoms with Crippen molar-refractivity contribution in [2.45, 2.75) is 25.4 Å². The zero-order chi connectivity index (χ0) is 15.4. The Morgan fingerprint density at radius 2 is 1.95 bits per heavy atom. The van der Waals surface area contributed by atoms with Gasteiger partial charge in [-0.1, -0.05) is 12.1 Å². The molecule has 0 aliphatic carbocycles. The molecule has 0 amide bonds. The second kappa shape index (κ2) is 6.81. The summed E-state index contributed by atoms with van der Waals surface area (Å²) in [5.74, 6) is 0.208. The number of aryl methyl sites for hydroxylation is 1. The number of hydrogen-bond donors (Lipinski definition) is 2. The smallest absolute Gasteiger partial charge is 0.178 e. The summed E-state index contributed by atoms with van der Waals surface area (Å²) in [6.45, 7) is 0.